The van der Waals surface area contributed by atoms with Crippen LogP contribution in [0.25, 0.3) is 76.8 Å². The molecule has 0 radical (unpaired) electrons. The number of benzene rings is 8. The molecule has 8 aromatic carbocycles. The molecule has 0 bridgehead atoms. The van der Waals surface area contributed by atoms with Crippen LogP contribution in [0.4, 0.5) is 0 Å². The average Bonchev–Trinajstić information content (AvgIpc) is 3.08. The van der Waals surface area contributed by atoms with E-state index >= 15 is 0 Å². The van der Waals surface area contributed by atoms with Gasteiger partial charge in [0.05, 0.1) is 0 Å². The Labute approximate surface area is 253 Å². The Hall–Kier alpha value is -5.46. The summed E-state index contributed by atoms with van der Waals surface area (Å²) in [6, 6.07) is 57.4. The van der Waals surface area contributed by atoms with Crippen LogP contribution >= 0.6 is 0 Å². The Morgan fingerprint density at radius 2 is 0.651 bits per heavy atom. The van der Waals surface area contributed by atoms with Gasteiger partial charge in [-0.1, -0.05) is 164 Å². The van der Waals surface area contributed by atoms with Crippen molar-refractivity contribution < 1.29 is 0 Å². The lowest BCUT2D eigenvalue weighted by molar-refractivity contribution is 1.60. The Balaban J connectivity index is 0.000000963. The van der Waals surface area contributed by atoms with E-state index < -0.39 is 0 Å². The maximum Gasteiger partial charge on any atom is -0.00203 e. The number of hydrogen-bond donors (Lipinski definition) is 0. The van der Waals surface area contributed by atoms with E-state index in [0.29, 0.717) is 0 Å². The first-order chi connectivity index (χ1) is 21.2. The first-order valence-electron chi connectivity index (χ1n) is 14.8. The lowest BCUT2D eigenvalue weighted by atomic mass is 9.87. The lowest BCUT2D eigenvalue weighted by Crippen LogP contribution is -1.89. The zero-order valence-electron chi connectivity index (χ0n) is 24.3. The van der Waals surface area contributed by atoms with E-state index in [1.165, 1.54) is 76.8 Å². The summed E-state index contributed by atoms with van der Waals surface area (Å²) in [7, 11) is 0. The van der Waals surface area contributed by atoms with Gasteiger partial charge in [0.2, 0.25) is 0 Å². The maximum atomic E-state index is 3.36. The van der Waals surface area contributed by atoms with Crippen LogP contribution in [-0.4, -0.2) is 0 Å². The van der Waals surface area contributed by atoms with Crippen molar-refractivity contribution in [3.8, 4) is 44.5 Å². The first kappa shape index (κ1) is 26.4. The zero-order valence-corrected chi connectivity index (χ0v) is 24.3. The molecule has 0 aliphatic rings. The summed E-state index contributed by atoms with van der Waals surface area (Å²) in [5.74, 6) is 0. The van der Waals surface area contributed by atoms with E-state index in [-0.39, 0.29) is 0 Å². The van der Waals surface area contributed by atoms with Gasteiger partial charge in [-0.2, -0.15) is 0 Å². The van der Waals surface area contributed by atoms with E-state index in [9.17, 15) is 0 Å². The van der Waals surface area contributed by atoms with Crippen LogP contribution < -0.4 is 0 Å². The summed E-state index contributed by atoms with van der Waals surface area (Å²) in [6.07, 6.45) is 1.75. The van der Waals surface area contributed by atoms with Gasteiger partial charge in [0.15, 0.2) is 0 Å². The van der Waals surface area contributed by atoms with Crippen molar-refractivity contribution in [1.82, 2.24) is 0 Å². The third-order valence-corrected chi connectivity index (χ3v) is 8.27. The minimum Gasteiger partial charge on any atom is -0.103 e. The quantitative estimate of drug-likeness (QED) is 0.152. The molecule has 0 nitrogen and oxygen atoms in total. The highest BCUT2D eigenvalue weighted by molar-refractivity contribution is 6.27. The molecule has 0 unspecified atom stereocenters. The van der Waals surface area contributed by atoms with E-state index in [2.05, 4.69) is 164 Å². The van der Waals surface area contributed by atoms with Crippen molar-refractivity contribution >= 4 is 32.3 Å². The van der Waals surface area contributed by atoms with Gasteiger partial charge in [-0.05, 0) is 83.7 Å². The Morgan fingerprint density at radius 3 is 1.02 bits per heavy atom. The summed E-state index contributed by atoms with van der Waals surface area (Å²) in [5, 5.41) is 7.88. The second kappa shape index (κ2) is 11.4. The van der Waals surface area contributed by atoms with Gasteiger partial charge in [-0.25, -0.2) is 0 Å². The predicted molar refractivity (Wildman–Crippen MR) is 188 cm³/mol. The molecule has 0 heterocycles. The molecule has 0 amide bonds. The largest absolute Gasteiger partial charge is 0.103 e. The highest BCUT2D eigenvalue weighted by atomic mass is 14.2. The topological polar surface area (TPSA) is 0 Å². The van der Waals surface area contributed by atoms with Crippen LogP contribution in [0.5, 0.6) is 0 Å². The number of rotatable bonds is 4. The monoisotopic (exact) mass is 548 g/mol. The summed E-state index contributed by atoms with van der Waals surface area (Å²) >= 11 is 0. The molecule has 0 spiro atoms. The number of allylic oxidation sites excluding steroid dienone is 1. The molecule has 0 aliphatic heterocycles. The fourth-order valence-corrected chi connectivity index (χ4v) is 6.25. The van der Waals surface area contributed by atoms with E-state index in [4.69, 9.17) is 0 Å². The minimum atomic E-state index is 1.24. The molecule has 0 heteroatoms. The van der Waals surface area contributed by atoms with Crippen LogP contribution in [0.3, 0.4) is 0 Å². The molecule has 43 heavy (non-hydrogen) atoms. The normalized spacial score (nSPS) is 11.0. The molecule has 0 aliphatic carbocycles. The van der Waals surface area contributed by atoms with Crippen molar-refractivity contribution in [2.24, 2.45) is 0 Å². The smallest absolute Gasteiger partial charge is 0.00203 e. The predicted octanol–water partition coefficient (Wildman–Crippen LogP) is 12.4. The van der Waals surface area contributed by atoms with E-state index in [0.717, 1.165) is 0 Å². The van der Waals surface area contributed by atoms with Gasteiger partial charge in [-0.15, -0.1) is 6.58 Å². The summed E-state index contributed by atoms with van der Waals surface area (Å²) < 4.78 is 0. The van der Waals surface area contributed by atoms with E-state index in [1.54, 1.807) is 6.08 Å². The first-order valence-corrected chi connectivity index (χ1v) is 14.8. The fourth-order valence-electron chi connectivity index (χ4n) is 6.25. The standard InChI is InChI=1S/C40H26.C3H6/c1-3-7-27(8-4-1)29-11-15-31(16-12-29)35-23-19-33-22-26-38-36(24-20-34-21-25-37(35)39(33)40(34)38)32-17-13-30(14-18-32)28-9-5-2-6-10-28;1-3-2/h1-26H;3H,1H2,2H3. The van der Waals surface area contributed by atoms with Gasteiger partial charge in [-0.3, -0.25) is 0 Å². The van der Waals surface area contributed by atoms with Gasteiger partial charge < -0.3 is 0 Å². The van der Waals surface area contributed by atoms with Crippen LogP contribution in [0.1, 0.15) is 6.92 Å². The summed E-state index contributed by atoms with van der Waals surface area (Å²) in [6.45, 7) is 5.25. The van der Waals surface area contributed by atoms with Gasteiger partial charge in [0, 0.05) is 0 Å². The molecule has 0 atom stereocenters. The highest BCUT2D eigenvalue weighted by Gasteiger charge is 2.15. The molecule has 0 fully saturated rings. The van der Waals surface area contributed by atoms with Gasteiger partial charge in [0.25, 0.3) is 0 Å². The average molecular weight is 549 g/mol. The number of hydrogen-bond acceptors (Lipinski definition) is 0. The highest BCUT2D eigenvalue weighted by Crippen LogP contribution is 2.42. The zero-order chi connectivity index (χ0) is 29.2. The molecule has 0 aromatic heterocycles. The molecular formula is C43H32. The van der Waals surface area contributed by atoms with Crippen LogP contribution in [0.15, 0.2) is 170 Å². The van der Waals surface area contributed by atoms with E-state index in [1.807, 2.05) is 6.92 Å². The second-order valence-electron chi connectivity index (χ2n) is 10.9. The Morgan fingerprint density at radius 1 is 0.349 bits per heavy atom. The van der Waals surface area contributed by atoms with Gasteiger partial charge >= 0.3 is 0 Å². The fraction of sp³-hybridized carbons (Fsp3) is 0.0233. The molecule has 8 rings (SSSR count). The van der Waals surface area contributed by atoms with Crippen molar-refractivity contribution in [1.29, 1.82) is 0 Å². The lowest BCUT2D eigenvalue weighted by Gasteiger charge is -2.17. The van der Waals surface area contributed by atoms with Crippen molar-refractivity contribution in [2.45, 2.75) is 6.92 Å². The van der Waals surface area contributed by atoms with Crippen molar-refractivity contribution in [3.63, 3.8) is 0 Å². The van der Waals surface area contributed by atoms with Crippen LogP contribution in [-0.2, 0) is 0 Å². The van der Waals surface area contributed by atoms with Crippen LogP contribution in [0.2, 0.25) is 0 Å². The molecule has 204 valence electrons. The minimum absolute atomic E-state index is 1.24. The third-order valence-electron chi connectivity index (χ3n) is 8.27. The molecule has 0 saturated carbocycles. The molecule has 8 aromatic rings. The molecular weight excluding hydrogens is 516 g/mol. The van der Waals surface area contributed by atoms with Crippen molar-refractivity contribution in [2.75, 3.05) is 0 Å². The van der Waals surface area contributed by atoms with Crippen LogP contribution in [0, 0.1) is 0 Å². The second-order valence-corrected chi connectivity index (χ2v) is 10.9. The Bertz CT molecular complexity index is 2000. The molecule has 0 saturated heterocycles. The van der Waals surface area contributed by atoms with Crippen molar-refractivity contribution in [3.05, 3.63) is 170 Å². The van der Waals surface area contributed by atoms with Gasteiger partial charge in [0.1, 0.15) is 0 Å². The summed E-state index contributed by atoms with van der Waals surface area (Å²) in [4.78, 5) is 0. The maximum absolute atomic E-state index is 3.36. The third kappa shape index (κ3) is 4.88. The molecule has 0 N–H and O–H groups in total. The SMILES string of the molecule is C=CC.c1ccc(-c2ccc(-c3ccc4ccc5c(-c6ccc(-c7ccccc7)cc6)ccc6ccc3c4c65)cc2)cc1. The summed E-state index contributed by atoms with van der Waals surface area (Å²) in [5.41, 5.74) is 10.0. The Kier molecular flexibility index (Phi) is 7.03.